The Kier molecular flexibility index (Phi) is 6.80. The van der Waals surface area contributed by atoms with Gasteiger partial charge in [0.25, 0.3) is 5.91 Å². The molecule has 0 bridgehead atoms. The Bertz CT molecular complexity index is 1100. The van der Waals surface area contributed by atoms with Crippen molar-refractivity contribution in [3.05, 3.63) is 64.8 Å². The monoisotopic (exact) mass is 430 g/mol. The van der Waals surface area contributed by atoms with Crippen LogP contribution in [0.2, 0.25) is 0 Å². The number of carbonyl (C=O) groups excluding carboxylic acids is 1. The van der Waals surface area contributed by atoms with Crippen molar-refractivity contribution < 1.29 is 18.0 Å². The molecule has 0 aliphatic carbocycles. The number of anilines is 2. The number of amides is 1. The third-order valence-electron chi connectivity index (χ3n) is 5.08. The average Bonchev–Trinajstić information content (AvgIpc) is 2.73. The van der Waals surface area contributed by atoms with Gasteiger partial charge in [-0.3, -0.25) is 9.78 Å². The van der Waals surface area contributed by atoms with E-state index in [-0.39, 0.29) is 0 Å². The van der Waals surface area contributed by atoms with Gasteiger partial charge in [0.1, 0.15) is 0 Å². The van der Waals surface area contributed by atoms with Gasteiger partial charge in [0.15, 0.2) is 0 Å². The van der Waals surface area contributed by atoms with Crippen molar-refractivity contribution in [1.29, 1.82) is 0 Å². The van der Waals surface area contributed by atoms with Crippen LogP contribution in [0.4, 0.5) is 24.5 Å². The molecule has 0 aliphatic heterocycles. The number of pyridine rings is 1. The molecule has 164 valence electrons. The lowest BCUT2D eigenvalue weighted by Gasteiger charge is -2.17. The van der Waals surface area contributed by atoms with Crippen molar-refractivity contribution >= 4 is 28.2 Å². The number of para-hydroxylation sites is 1. The Morgan fingerprint density at radius 2 is 1.77 bits per heavy atom. The van der Waals surface area contributed by atoms with E-state index in [1.54, 1.807) is 12.1 Å². The summed E-state index contributed by atoms with van der Waals surface area (Å²) in [6.07, 6.45) is -4.62. The molecule has 1 heterocycles. The Hall–Kier alpha value is -3.13. The predicted octanol–water partition coefficient (Wildman–Crippen LogP) is 5.14. The molecule has 0 aliphatic rings. The molecule has 0 unspecified atom stereocenters. The van der Waals surface area contributed by atoms with Crippen LogP contribution in [0.1, 0.15) is 34.1 Å². The lowest BCUT2D eigenvalue weighted by Crippen LogP contribution is -2.22. The number of carbonyl (C=O) groups is 1. The van der Waals surface area contributed by atoms with E-state index in [9.17, 15) is 18.0 Å². The number of alkyl halides is 3. The zero-order chi connectivity index (χ0) is 22.6. The normalized spacial score (nSPS) is 11.5. The molecule has 0 saturated heterocycles. The summed E-state index contributed by atoms with van der Waals surface area (Å²) in [5.41, 5.74) is 2.13. The molecule has 1 aromatic heterocycles. The molecule has 0 saturated carbocycles. The van der Waals surface area contributed by atoms with Crippen LogP contribution in [0.25, 0.3) is 10.9 Å². The first-order valence-electron chi connectivity index (χ1n) is 10.1. The smallest absolute Gasteiger partial charge is 0.383 e. The summed E-state index contributed by atoms with van der Waals surface area (Å²) >= 11 is 0. The van der Waals surface area contributed by atoms with Crippen molar-refractivity contribution in [2.24, 2.45) is 0 Å². The summed E-state index contributed by atoms with van der Waals surface area (Å²) in [4.78, 5) is 17.3. The Morgan fingerprint density at radius 3 is 2.48 bits per heavy atom. The van der Waals surface area contributed by atoms with Crippen LogP contribution in [0.15, 0.2) is 42.5 Å². The third kappa shape index (κ3) is 4.96. The standard InChI is InChI=1S/C23H25F3N4O/c1-4-27-12-13-28-20-14(2)15(3)29-21-17(20)9-7-11-19(21)30-22(31)16-8-5-6-10-18(16)23(24,25)26/h5-11,27H,4,12-13H2,1-3H3,(H,28,29)(H,30,31). The molecule has 3 rings (SSSR count). The molecule has 0 atom stereocenters. The number of aromatic nitrogens is 1. The van der Waals surface area contributed by atoms with Crippen LogP contribution in [-0.2, 0) is 6.18 Å². The highest BCUT2D eigenvalue weighted by Crippen LogP contribution is 2.34. The predicted molar refractivity (Wildman–Crippen MR) is 118 cm³/mol. The highest BCUT2D eigenvalue weighted by atomic mass is 19.4. The van der Waals surface area contributed by atoms with Gasteiger partial charge >= 0.3 is 6.18 Å². The zero-order valence-electron chi connectivity index (χ0n) is 17.7. The molecule has 8 heteroatoms. The second-order valence-corrected chi connectivity index (χ2v) is 7.18. The van der Waals surface area contributed by atoms with E-state index in [0.717, 1.165) is 41.5 Å². The van der Waals surface area contributed by atoms with Gasteiger partial charge in [-0.05, 0) is 44.2 Å². The number of rotatable bonds is 7. The van der Waals surface area contributed by atoms with E-state index in [1.807, 2.05) is 26.8 Å². The molecule has 2 aromatic carbocycles. The van der Waals surface area contributed by atoms with E-state index in [4.69, 9.17) is 0 Å². The van der Waals surface area contributed by atoms with Crippen LogP contribution in [0.5, 0.6) is 0 Å². The van der Waals surface area contributed by atoms with Crippen LogP contribution >= 0.6 is 0 Å². The number of hydrogen-bond donors (Lipinski definition) is 3. The lowest BCUT2D eigenvalue weighted by atomic mass is 10.0. The maximum absolute atomic E-state index is 13.3. The van der Waals surface area contributed by atoms with Crippen molar-refractivity contribution in [3.8, 4) is 0 Å². The van der Waals surface area contributed by atoms with Crippen molar-refractivity contribution in [2.75, 3.05) is 30.3 Å². The Morgan fingerprint density at radius 1 is 1.03 bits per heavy atom. The second-order valence-electron chi connectivity index (χ2n) is 7.18. The minimum absolute atomic E-state index is 0.359. The minimum atomic E-state index is -4.62. The molecule has 3 N–H and O–H groups in total. The number of aryl methyl sites for hydroxylation is 1. The summed E-state index contributed by atoms with van der Waals surface area (Å²) in [5.74, 6) is -0.831. The number of fused-ring (bicyclic) bond motifs is 1. The highest BCUT2D eigenvalue weighted by molar-refractivity contribution is 6.10. The second kappa shape index (κ2) is 9.34. The highest BCUT2D eigenvalue weighted by Gasteiger charge is 2.35. The average molecular weight is 430 g/mol. The van der Waals surface area contributed by atoms with E-state index in [2.05, 4.69) is 20.9 Å². The fraction of sp³-hybridized carbons (Fsp3) is 0.304. The molecule has 0 fully saturated rings. The van der Waals surface area contributed by atoms with Gasteiger partial charge in [-0.1, -0.05) is 31.2 Å². The van der Waals surface area contributed by atoms with Crippen molar-refractivity contribution in [2.45, 2.75) is 26.9 Å². The van der Waals surface area contributed by atoms with Gasteiger partial charge in [0.05, 0.1) is 22.3 Å². The Balaban J connectivity index is 1.99. The minimum Gasteiger partial charge on any atom is -0.383 e. The first-order valence-corrected chi connectivity index (χ1v) is 10.1. The third-order valence-corrected chi connectivity index (χ3v) is 5.08. The number of nitrogens with one attached hydrogen (secondary N) is 3. The van der Waals surface area contributed by atoms with Crippen molar-refractivity contribution in [3.63, 3.8) is 0 Å². The first-order chi connectivity index (χ1) is 14.7. The maximum Gasteiger partial charge on any atom is 0.417 e. The van der Waals surface area contributed by atoms with E-state index in [0.29, 0.717) is 17.7 Å². The SMILES string of the molecule is CCNCCNc1c(C)c(C)nc2c(NC(=O)c3ccccc3C(F)(F)F)cccc12. The molecule has 31 heavy (non-hydrogen) atoms. The van der Waals surface area contributed by atoms with E-state index >= 15 is 0 Å². The summed E-state index contributed by atoms with van der Waals surface area (Å²) in [6.45, 7) is 8.20. The van der Waals surface area contributed by atoms with Gasteiger partial charge in [0.2, 0.25) is 0 Å². The Labute approximate surface area is 179 Å². The fourth-order valence-corrected chi connectivity index (χ4v) is 3.40. The number of likely N-dealkylation sites (N-methyl/N-ethyl adjacent to an activating group) is 1. The molecule has 1 amide bonds. The molecular formula is C23H25F3N4O. The fourth-order valence-electron chi connectivity index (χ4n) is 3.40. The van der Waals surface area contributed by atoms with Crippen LogP contribution in [0.3, 0.4) is 0 Å². The summed E-state index contributed by atoms with van der Waals surface area (Å²) in [5, 5.41) is 10.1. The van der Waals surface area contributed by atoms with E-state index in [1.165, 1.54) is 18.2 Å². The van der Waals surface area contributed by atoms with Crippen LogP contribution in [-0.4, -0.2) is 30.5 Å². The van der Waals surface area contributed by atoms with Gasteiger partial charge in [0, 0.05) is 29.9 Å². The van der Waals surface area contributed by atoms with Crippen molar-refractivity contribution in [1.82, 2.24) is 10.3 Å². The topological polar surface area (TPSA) is 66.1 Å². The number of nitrogens with zero attached hydrogens (tertiary/aromatic N) is 1. The number of halogens is 3. The van der Waals surface area contributed by atoms with Gasteiger partial charge in [-0.2, -0.15) is 13.2 Å². The van der Waals surface area contributed by atoms with E-state index < -0.39 is 23.2 Å². The van der Waals surface area contributed by atoms with Gasteiger partial charge in [-0.25, -0.2) is 0 Å². The molecule has 3 aromatic rings. The van der Waals surface area contributed by atoms with Gasteiger partial charge < -0.3 is 16.0 Å². The number of hydrogen-bond acceptors (Lipinski definition) is 4. The largest absolute Gasteiger partial charge is 0.417 e. The molecule has 0 radical (unpaired) electrons. The lowest BCUT2D eigenvalue weighted by molar-refractivity contribution is -0.137. The molecular weight excluding hydrogens is 405 g/mol. The first kappa shape index (κ1) is 22.6. The molecule has 0 spiro atoms. The molecule has 5 nitrogen and oxygen atoms in total. The zero-order valence-corrected chi connectivity index (χ0v) is 17.7. The van der Waals surface area contributed by atoms with Crippen LogP contribution in [0, 0.1) is 13.8 Å². The number of benzene rings is 2. The van der Waals surface area contributed by atoms with Crippen LogP contribution < -0.4 is 16.0 Å². The summed E-state index contributed by atoms with van der Waals surface area (Å²) < 4.78 is 40.0. The summed E-state index contributed by atoms with van der Waals surface area (Å²) in [7, 11) is 0. The maximum atomic E-state index is 13.3. The summed E-state index contributed by atoms with van der Waals surface area (Å²) in [6, 6.07) is 10.0. The quantitative estimate of drug-likeness (QED) is 0.454. The van der Waals surface area contributed by atoms with Gasteiger partial charge in [-0.15, -0.1) is 0 Å².